The summed E-state index contributed by atoms with van der Waals surface area (Å²) in [5.41, 5.74) is 0.622. The van der Waals surface area contributed by atoms with E-state index < -0.39 is 5.97 Å². The third-order valence-corrected chi connectivity index (χ3v) is 6.59. The third-order valence-electron chi connectivity index (χ3n) is 6.59. The Hall–Kier alpha value is -2.61. The number of hydrogen-bond acceptors (Lipinski definition) is 5. The molecule has 2 heterocycles. The van der Waals surface area contributed by atoms with Crippen LogP contribution in [-0.4, -0.2) is 90.5 Å². The zero-order valence-corrected chi connectivity index (χ0v) is 18.5. The molecular weight excluding hydrogens is 398 g/mol. The van der Waals surface area contributed by atoms with E-state index in [1.54, 1.807) is 38.3 Å². The Labute approximate surface area is 183 Å². The molecule has 0 aromatic heterocycles. The van der Waals surface area contributed by atoms with Crippen LogP contribution >= 0.6 is 0 Å². The number of benzene rings is 1. The monoisotopic (exact) mass is 431 g/mol. The number of carbonyl (C=O) groups excluding carboxylic acids is 2. The number of likely N-dealkylation sites (tertiary alicyclic amines) is 1. The van der Waals surface area contributed by atoms with Gasteiger partial charge in [0, 0.05) is 58.2 Å². The van der Waals surface area contributed by atoms with Crippen LogP contribution in [-0.2, 0) is 9.59 Å². The second kappa shape index (κ2) is 10.6. The van der Waals surface area contributed by atoms with Crippen molar-refractivity contribution in [2.24, 2.45) is 11.8 Å². The summed E-state index contributed by atoms with van der Waals surface area (Å²) in [6.07, 6.45) is 1.70. The van der Waals surface area contributed by atoms with E-state index in [-0.39, 0.29) is 30.1 Å². The molecule has 2 aliphatic rings. The molecule has 170 valence electrons. The van der Waals surface area contributed by atoms with Crippen LogP contribution in [0, 0.1) is 11.8 Å². The van der Waals surface area contributed by atoms with Gasteiger partial charge in [0.1, 0.15) is 5.75 Å². The van der Waals surface area contributed by atoms with Gasteiger partial charge in [-0.2, -0.15) is 0 Å². The normalized spacial score (nSPS) is 22.3. The predicted molar refractivity (Wildman–Crippen MR) is 116 cm³/mol. The molecule has 1 N–H and O–H groups in total. The minimum absolute atomic E-state index is 0.0171. The molecule has 8 nitrogen and oxygen atoms in total. The summed E-state index contributed by atoms with van der Waals surface area (Å²) in [5.74, 6) is 0.255. The molecule has 2 atom stereocenters. The lowest BCUT2D eigenvalue weighted by molar-refractivity contribution is -0.139. The second-order valence-corrected chi connectivity index (χ2v) is 8.52. The van der Waals surface area contributed by atoms with E-state index in [0.717, 1.165) is 39.1 Å². The number of aliphatic carboxylic acids is 1. The summed E-state index contributed by atoms with van der Waals surface area (Å²) < 4.78 is 5.16. The van der Waals surface area contributed by atoms with Crippen LogP contribution in [0.5, 0.6) is 5.75 Å². The maximum Gasteiger partial charge on any atom is 0.303 e. The van der Waals surface area contributed by atoms with Crippen LogP contribution in [0.1, 0.15) is 36.5 Å². The number of carboxylic acids is 1. The van der Waals surface area contributed by atoms with Crippen molar-refractivity contribution in [3.8, 4) is 5.75 Å². The molecule has 0 aliphatic carbocycles. The average molecular weight is 432 g/mol. The maximum atomic E-state index is 13.0. The lowest BCUT2D eigenvalue weighted by Gasteiger charge is -2.40. The number of amides is 2. The number of methoxy groups -OCH3 is 1. The van der Waals surface area contributed by atoms with Gasteiger partial charge < -0.3 is 19.6 Å². The van der Waals surface area contributed by atoms with Crippen LogP contribution < -0.4 is 4.74 Å². The number of carbonyl (C=O) groups is 3. The Morgan fingerprint density at radius 3 is 2.26 bits per heavy atom. The molecule has 2 amide bonds. The number of nitrogens with zero attached hydrogens (tertiary/aromatic N) is 3. The maximum absolute atomic E-state index is 13.0. The van der Waals surface area contributed by atoms with E-state index in [2.05, 4.69) is 4.90 Å². The van der Waals surface area contributed by atoms with Crippen LogP contribution in [0.3, 0.4) is 0 Å². The van der Waals surface area contributed by atoms with Gasteiger partial charge in [0.25, 0.3) is 5.91 Å². The summed E-state index contributed by atoms with van der Waals surface area (Å²) in [4.78, 5) is 41.9. The first kappa shape index (κ1) is 23.1. The second-order valence-electron chi connectivity index (χ2n) is 8.52. The van der Waals surface area contributed by atoms with E-state index in [1.165, 1.54) is 0 Å². The zero-order chi connectivity index (χ0) is 22.4. The fraction of sp³-hybridized carbons (Fsp3) is 0.609. The fourth-order valence-corrected chi connectivity index (χ4v) is 4.64. The topological polar surface area (TPSA) is 90.4 Å². The summed E-state index contributed by atoms with van der Waals surface area (Å²) in [6.45, 7) is 6.77. The summed E-state index contributed by atoms with van der Waals surface area (Å²) in [6, 6.07) is 7.10. The lowest BCUT2D eigenvalue weighted by Crippen LogP contribution is -2.49. The van der Waals surface area contributed by atoms with Gasteiger partial charge in [-0.25, -0.2) is 0 Å². The van der Waals surface area contributed by atoms with Gasteiger partial charge in [0.05, 0.1) is 7.11 Å². The highest BCUT2D eigenvalue weighted by Gasteiger charge is 2.33. The van der Waals surface area contributed by atoms with Crippen molar-refractivity contribution < 1.29 is 24.2 Å². The Kier molecular flexibility index (Phi) is 7.90. The summed E-state index contributed by atoms with van der Waals surface area (Å²) in [5, 5.41) is 9.34. The fourth-order valence-electron chi connectivity index (χ4n) is 4.64. The highest BCUT2D eigenvalue weighted by molar-refractivity contribution is 5.94. The van der Waals surface area contributed by atoms with E-state index >= 15 is 0 Å². The van der Waals surface area contributed by atoms with Crippen molar-refractivity contribution in [1.29, 1.82) is 0 Å². The number of ether oxygens (including phenoxy) is 1. The van der Waals surface area contributed by atoms with Gasteiger partial charge in [0.2, 0.25) is 5.91 Å². The standard InChI is InChI=1S/C23H33N3O5/c1-17(27)25-13-11-24(12-14-25)9-7-20-16-26(10-8-19(20)15-22(28)29)23(30)18-3-5-21(31-2)6-4-18/h3-6,19-20H,7-16H2,1-2H3,(H,28,29)/t19-,20+/m0/s1. The smallest absolute Gasteiger partial charge is 0.303 e. The van der Waals surface area contributed by atoms with Crippen LogP contribution in [0.4, 0.5) is 0 Å². The van der Waals surface area contributed by atoms with Crippen molar-refractivity contribution >= 4 is 17.8 Å². The Balaban J connectivity index is 1.60. The molecule has 2 saturated heterocycles. The molecule has 3 rings (SSSR count). The molecule has 0 spiro atoms. The highest BCUT2D eigenvalue weighted by atomic mass is 16.5. The number of piperidine rings is 1. The number of rotatable bonds is 7. The lowest BCUT2D eigenvalue weighted by atomic mass is 9.81. The van der Waals surface area contributed by atoms with Crippen LogP contribution in [0.25, 0.3) is 0 Å². The van der Waals surface area contributed by atoms with Crippen molar-refractivity contribution in [3.63, 3.8) is 0 Å². The molecule has 8 heteroatoms. The first-order chi connectivity index (χ1) is 14.9. The molecule has 0 unspecified atom stereocenters. The van der Waals surface area contributed by atoms with Crippen molar-refractivity contribution in [1.82, 2.24) is 14.7 Å². The van der Waals surface area contributed by atoms with E-state index in [9.17, 15) is 19.5 Å². The van der Waals surface area contributed by atoms with Gasteiger partial charge in [-0.3, -0.25) is 19.3 Å². The number of hydrogen-bond donors (Lipinski definition) is 1. The van der Waals surface area contributed by atoms with E-state index in [4.69, 9.17) is 4.74 Å². The van der Waals surface area contributed by atoms with E-state index in [0.29, 0.717) is 30.8 Å². The van der Waals surface area contributed by atoms with Crippen molar-refractivity contribution in [2.75, 3.05) is 52.9 Å². The Morgan fingerprint density at radius 1 is 1.00 bits per heavy atom. The van der Waals surface area contributed by atoms with E-state index in [1.807, 2.05) is 9.80 Å². The minimum atomic E-state index is -0.778. The molecule has 0 bridgehead atoms. The highest BCUT2D eigenvalue weighted by Crippen LogP contribution is 2.30. The molecule has 1 aromatic carbocycles. The molecule has 2 aliphatic heterocycles. The quantitative estimate of drug-likeness (QED) is 0.708. The molecule has 0 radical (unpaired) electrons. The summed E-state index contributed by atoms with van der Waals surface area (Å²) >= 11 is 0. The zero-order valence-electron chi connectivity index (χ0n) is 18.5. The Morgan fingerprint density at radius 2 is 1.68 bits per heavy atom. The molecule has 1 aromatic rings. The van der Waals surface area contributed by atoms with Gasteiger partial charge >= 0.3 is 5.97 Å². The predicted octanol–water partition coefficient (Wildman–Crippen LogP) is 1.80. The summed E-state index contributed by atoms with van der Waals surface area (Å²) in [7, 11) is 1.59. The van der Waals surface area contributed by atoms with Crippen LogP contribution in [0.15, 0.2) is 24.3 Å². The first-order valence-electron chi connectivity index (χ1n) is 11.0. The molecule has 2 fully saturated rings. The minimum Gasteiger partial charge on any atom is -0.497 e. The average Bonchev–Trinajstić information content (AvgIpc) is 2.78. The van der Waals surface area contributed by atoms with Crippen molar-refractivity contribution in [2.45, 2.75) is 26.2 Å². The Bertz CT molecular complexity index is 774. The first-order valence-corrected chi connectivity index (χ1v) is 11.0. The van der Waals surface area contributed by atoms with Crippen LogP contribution in [0.2, 0.25) is 0 Å². The van der Waals surface area contributed by atoms with Crippen molar-refractivity contribution in [3.05, 3.63) is 29.8 Å². The molecular formula is C23H33N3O5. The number of carboxylic acid groups (broad SMARTS) is 1. The van der Waals surface area contributed by atoms with Gasteiger partial charge in [0.15, 0.2) is 0 Å². The molecule has 0 saturated carbocycles. The van der Waals surface area contributed by atoms with Gasteiger partial charge in [-0.1, -0.05) is 0 Å². The third kappa shape index (κ3) is 6.19. The SMILES string of the molecule is COc1ccc(C(=O)N2CC[C@@H](CC(=O)O)[C@H](CCN3CCN(C(C)=O)CC3)C2)cc1. The number of piperazine rings is 1. The van der Waals surface area contributed by atoms with Gasteiger partial charge in [-0.15, -0.1) is 0 Å². The van der Waals surface area contributed by atoms with Gasteiger partial charge in [-0.05, 0) is 55.5 Å². The largest absolute Gasteiger partial charge is 0.497 e. The molecule has 31 heavy (non-hydrogen) atoms.